The van der Waals surface area contributed by atoms with Gasteiger partial charge in [-0.05, 0) is 130 Å². The summed E-state index contributed by atoms with van der Waals surface area (Å²) in [6, 6.07) is 78.8. The number of hydrogen-bond donors (Lipinski definition) is 0. The summed E-state index contributed by atoms with van der Waals surface area (Å²) in [6.07, 6.45) is 0. The fourth-order valence-electron chi connectivity index (χ4n) is 10.6. The molecular formula is C61H36N4. The molecule has 2 heterocycles. The van der Waals surface area contributed by atoms with Crippen molar-refractivity contribution >= 4 is 86.4 Å². The van der Waals surface area contributed by atoms with Gasteiger partial charge in [-0.15, -0.1) is 0 Å². The summed E-state index contributed by atoms with van der Waals surface area (Å²) < 4.78 is 2.34. The molecule has 12 aromatic carbocycles. The van der Waals surface area contributed by atoms with Gasteiger partial charge >= 0.3 is 0 Å². The molecule has 0 saturated carbocycles. The number of para-hydroxylation sites is 2. The zero-order chi connectivity index (χ0) is 42.6. The number of fused-ring (bicyclic) bond motifs is 5. The Kier molecular flexibility index (Phi) is 7.65. The molecule has 0 N–H and O–H groups in total. The molecule has 0 unspecified atom stereocenters. The Labute approximate surface area is 373 Å². The molecule has 4 nitrogen and oxygen atoms in total. The summed E-state index contributed by atoms with van der Waals surface area (Å²) in [5.74, 6) is 1.87. The van der Waals surface area contributed by atoms with Crippen molar-refractivity contribution in [3.8, 4) is 51.0 Å². The Bertz CT molecular complexity index is 4220. The second-order valence-electron chi connectivity index (χ2n) is 17.1. The van der Waals surface area contributed by atoms with Gasteiger partial charge in [0, 0.05) is 33.2 Å². The van der Waals surface area contributed by atoms with Gasteiger partial charge in [-0.3, -0.25) is 0 Å². The van der Waals surface area contributed by atoms with Gasteiger partial charge in [0.05, 0.1) is 11.0 Å². The molecule has 0 saturated heterocycles. The fraction of sp³-hybridized carbons (Fsp3) is 0. The molecule has 14 aromatic rings. The largest absolute Gasteiger partial charge is 0.309 e. The topological polar surface area (TPSA) is 43.6 Å². The van der Waals surface area contributed by atoms with Gasteiger partial charge < -0.3 is 4.57 Å². The zero-order valence-corrected chi connectivity index (χ0v) is 35.1. The number of hydrogen-bond acceptors (Lipinski definition) is 3. The van der Waals surface area contributed by atoms with Crippen molar-refractivity contribution in [1.29, 1.82) is 0 Å². The summed E-state index contributed by atoms with van der Waals surface area (Å²) >= 11 is 0. The molecule has 2 aromatic heterocycles. The molecule has 0 amide bonds. The minimum Gasteiger partial charge on any atom is -0.309 e. The third kappa shape index (κ3) is 5.47. The van der Waals surface area contributed by atoms with Gasteiger partial charge in [-0.25, -0.2) is 15.0 Å². The first kappa shape index (κ1) is 35.8. The maximum atomic E-state index is 5.43. The van der Waals surface area contributed by atoms with E-state index in [9.17, 15) is 0 Å². The van der Waals surface area contributed by atoms with Crippen molar-refractivity contribution in [1.82, 2.24) is 19.5 Å². The van der Waals surface area contributed by atoms with Crippen LogP contribution >= 0.6 is 0 Å². The number of benzene rings is 11. The van der Waals surface area contributed by atoms with Crippen LogP contribution in [0.2, 0.25) is 0 Å². The highest BCUT2D eigenvalue weighted by atomic mass is 15.0. The summed E-state index contributed by atoms with van der Waals surface area (Å²) in [5, 5.41) is 17.1. The van der Waals surface area contributed by atoms with Crippen molar-refractivity contribution in [2.24, 2.45) is 0 Å². The molecular weight excluding hydrogens is 789 g/mol. The van der Waals surface area contributed by atoms with Crippen LogP contribution in [0.3, 0.4) is 0 Å². The van der Waals surface area contributed by atoms with E-state index >= 15 is 0 Å². The molecule has 0 radical (unpaired) electrons. The smallest absolute Gasteiger partial charge is 0.164 e. The second-order valence-corrected chi connectivity index (χ2v) is 17.1. The van der Waals surface area contributed by atoms with Gasteiger partial charge in [0.2, 0.25) is 0 Å². The molecule has 14 rings (SSSR count). The van der Waals surface area contributed by atoms with E-state index in [1.165, 1.54) is 64.6 Å². The zero-order valence-electron chi connectivity index (χ0n) is 35.1. The van der Waals surface area contributed by atoms with Crippen LogP contribution in [0, 0.1) is 0 Å². The molecule has 4 heteroatoms. The highest BCUT2D eigenvalue weighted by molar-refractivity contribution is 6.37. The monoisotopic (exact) mass is 824 g/mol. The minimum atomic E-state index is 0.623. The predicted molar refractivity (Wildman–Crippen MR) is 272 cm³/mol. The van der Waals surface area contributed by atoms with Crippen molar-refractivity contribution in [2.45, 2.75) is 0 Å². The fourth-order valence-corrected chi connectivity index (χ4v) is 10.6. The average Bonchev–Trinajstić information content (AvgIpc) is 3.71. The summed E-state index contributed by atoms with van der Waals surface area (Å²) in [7, 11) is 0. The third-order valence-corrected chi connectivity index (χ3v) is 13.5. The van der Waals surface area contributed by atoms with E-state index in [1.807, 2.05) is 0 Å². The maximum absolute atomic E-state index is 5.43. The van der Waals surface area contributed by atoms with E-state index in [1.54, 1.807) is 0 Å². The second kappa shape index (κ2) is 13.9. The Morgan fingerprint density at radius 3 is 1.38 bits per heavy atom. The summed E-state index contributed by atoms with van der Waals surface area (Å²) in [5.41, 5.74) is 8.45. The van der Waals surface area contributed by atoms with Gasteiger partial charge in [0.25, 0.3) is 0 Å². The highest BCUT2D eigenvalue weighted by Crippen LogP contribution is 2.45. The standard InChI is InChI=1S/C61H36N4/c1-3-13-37(14-4-1)41-18-9-19-43(33-41)59-62-60(44-31-32-54-51(35-44)47-22-7-8-26-53(47)65(54)46-20-5-2-6-21-46)64-61(63-59)45-34-42-30-29-40-16-11-24-49-48-23-10-15-38-27-28-39-17-12-25-50(57(39)55(38)48)52(36-45)58(42)56(40)49/h1-36H. The molecule has 0 spiro atoms. The lowest BCUT2D eigenvalue weighted by molar-refractivity contribution is 1.08. The first-order chi connectivity index (χ1) is 32.2. The first-order valence-electron chi connectivity index (χ1n) is 22.2. The maximum Gasteiger partial charge on any atom is 0.164 e. The van der Waals surface area contributed by atoms with Crippen molar-refractivity contribution in [3.63, 3.8) is 0 Å². The van der Waals surface area contributed by atoms with Crippen LogP contribution in [0.4, 0.5) is 0 Å². The van der Waals surface area contributed by atoms with Gasteiger partial charge in [0.1, 0.15) is 0 Å². The lowest BCUT2D eigenvalue weighted by Crippen LogP contribution is -2.01. The SMILES string of the molecule is c1ccc(-c2cccc(-c3nc(-c4cc5ccc6cccc7c8cccc9ccc%10cccc(c(c4)c5c67)c%10c98)nc(-c4ccc5c(c4)c4ccccc4n5-c4ccccc4)n3)c2)cc1. The van der Waals surface area contributed by atoms with Crippen LogP contribution < -0.4 is 0 Å². The van der Waals surface area contributed by atoms with Crippen LogP contribution in [0.1, 0.15) is 0 Å². The van der Waals surface area contributed by atoms with Crippen molar-refractivity contribution in [2.75, 3.05) is 0 Å². The van der Waals surface area contributed by atoms with Crippen LogP contribution in [-0.2, 0) is 0 Å². The average molecular weight is 825 g/mol. The van der Waals surface area contributed by atoms with Crippen LogP contribution in [0.25, 0.3) is 137 Å². The summed E-state index contributed by atoms with van der Waals surface area (Å²) in [4.78, 5) is 16.1. The van der Waals surface area contributed by atoms with E-state index < -0.39 is 0 Å². The highest BCUT2D eigenvalue weighted by Gasteiger charge is 2.20. The normalized spacial score (nSPS) is 12.0. The van der Waals surface area contributed by atoms with Crippen molar-refractivity contribution in [3.05, 3.63) is 218 Å². The van der Waals surface area contributed by atoms with Crippen molar-refractivity contribution < 1.29 is 0 Å². The van der Waals surface area contributed by atoms with E-state index in [-0.39, 0.29) is 0 Å². The van der Waals surface area contributed by atoms with Gasteiger partial charge in [-0.1, -0.05) is 164 Å². The van der Waals surface area contributed by atoms with Crippen LogP contribution in [0.15, 0.2) is 218 Å². The summed E-state index contributed by atoms with van der Waals surface area (Å²) in [6.45, 7) is 0. The molecule has 0 atom stereocenters. The molecule has 0 fully saturated rings. The van der Waals surface area contributed by atoms with Crippen LogP contribution in [0.5, 0.6) is 0 Å². The quantitative estimate of drug-likeness (QED) is 0.162. The number of nitrogens with zero attached hydrogens (tertiary/aromatic N) is 4. The molecule has 65 heavy (non-hydrogen) atoms. The third-order valence-electron chi connectivity index (χ3n) is 13.5. The lowest BCUT2D eigenvalue weighted by Gasteiger charge is -2.17. The van der Waals surface area contributed by atoms with E-state index in [0.29, 0.717) is 17.5 Å². The van der Waals surface area contributed by atoms with E-state index in [4.69, 9.17) is 15.0 Å². The predicted octanol–water partition coefficient (Wildman–Crippen LogP) is 16.0. The molecule has 0 aliphatic heterocycles. The number of rotatable bonds is 5. The lowest BCUT2D eigenvalue weighted by atomic mass is 9.87. The van der Waals surface area contributed by atoms with Gasteiger partial charge in [0.15, 0.2) is 17.5 Å². The van der Waals surface area contributed by atoms with Crippen LogP contribution in [-0.4, -0.2) is 19.5 Å². The molecule has 0 aliphatic carbocycles. The first-order valence-corrected chi connectivity index (χ1v) is 22.2. The Morgan fingerprint density at radius 1 is 0.246 bits per heavy atom. The van der Waals surface area contributed by atoms with Gasteiger partial charge in [-0.2, -0.15) is 0 Å². The Morgan fingerprint density at radius 2 is 0.708 bits per heavy atom. The Hall–Kier alpha value is -8.73. The molecule has 300 valence electrons. The Balaban J connectivity index is 1.06. The molecule has 0 aliphatic rings. The minimum absolute atomic E-state index is 0.623. The molecule has 0 bridgehead atoms. The number of aromatic nitrogens is 4. The van der Waals surface area contributed by atoms with E-state index in [0.717, 1.165) is 55.3 Å². The van der Waals surface area contributed by atoms with E-state index in [2.05, 4.69) is 223 Å².